The number of nitrogens with one attached hydrogen (secondary N) is 1. The first-order chi connectivity index (χ1) is 6.88. The fourth-order valence-corrected chi connectivity index (χ4v) is 1.98. The lowest BCUT2D eigenvalue weighted by Crippen LogP contribution is -2.46. The minimum absolute atomic E-state index is 0.523. The molecular weight excluding hydrogens is 182 g/mol. The molecule has 2 aliphatic heterocycles. The molecule has 1 saturated heterocycles. The summed E-state index contributed by atoms with van der Waals surface area (Å²) in [6, 6.07) is 0.523. The molecule has 0 amide bonds. The van der Waals surface area contributed by atoms with Gasteiger partial charge >= 0.3 is 0 Å². The summed E-state index contributed by atoms with van der Waals surface area (Å²) in [6.07, 6.45) is 0.816. The first-order valence-electron chi connectivity index (χ1n) is 4.71. The number of fused-ring (bicyclic) bond motifs is 1. The summed E-state index contributed by atoms with van der Waals surface area (Å²) in [4.78, 5) is 13.0. The molecule has 0 radical (unpaired) electrons. The van der Waals surface area contributed by atoms with E-state index in [2.05, 4.69) is 15.1 Å². The number of rotatable bonds is 2. The number of carbonyl (C=O) groups is 1. The van der Waals surface area contributed by atoms with Crippen LogP contribution in [0.15, 0.2) is 0 Å². The van der Waals surface area contributed by atoms with Crippen molar-refractivity contribution < 1.29 is 9.53 Å². The molecule has 0 aromatic carbocycles. The number of hydrogen-bond acceptors (Lipinski definition) is 4. The van der Waals surface area contributed by atoms with Crippen LogP contribution in [-0.2, 0) is 17.8 Å². The van der Waals surface area contributed by atoms with E-state index in [9.17, 15) is 4.79 Å². The molecule has 1 aromatic rings. The van der Waals surface area contributed by atoms with Crippen molar-refractivity contribution in [1.82, 2.24) is 15.1 Å². The first kappa shape index (κ1) is 8.14. The molecule has 0 aliphatic carbocycles. The maximum Gasteiger partial charge on any atom is 0.170 e. The summed E-state index contributed by atoms with van der Waals surface area (Å²) in [5.74, 6) is 0. The lowest BCUT2D eigenvalue weighted by molar-refractivity contribution is -0.0673. The van der Waals surface area contributed by atoms with E-state index in [-0.39, 0.29) is 0 Å². The normalized spacial score (nSPS) is 22.0. The molecular formula is C9H11N3O2. The number of nitrogens with zero attached hydrogens (tertiary/aromatic N) is 2. The largest absolute Gasteiger partial charge is 0.378 e. The van der Waals surface area contributed by atoms with Gasteiger partial charge in [-0.1, -0.05) is 0 Å². The second kappa shape index (κ2) is 2.90. The van der Waals surface area contributed by atoms with E-state index in [1.165, 1.54) is 0 Å². The fourth-order valence-electron chi connectivity index (χ4n) is 1.98. The van der Waals surface area contributed by atoms with Crippen LogP contribution in [0.2, 0.25) is 0 Å². The molecule has 1 N–H and O–H groups in total. The maximum atomic E-state index is 10.7. The van der Waals surface area contributed by atoms with Crippen molar-refractivity contribution in [2.75, 3.05) is 13.2 Å². The third-order valence-electron chi connectivity index (χ3n) is 2.96. The van der Waals surface area contributed by atoms with Crippen molar-refractivity contribution in [1.29, 1.82) is 0 Å². The van der Waals surface area contributed by atoms with Gasteiger partial charge in [-0.2, -0.15) is 5.10 Å². The van der Waals surface area contributed by atoms with Crippen molar-refractivity contribution >= 4 is 6.29 Å². The quantitative estimate of drug-likeness (QED) is 0.668. The Morgan fingerprint density at radius 2 is 2.36 bits per heavy atom. The average Bonchev–Trinajstić information content (AvgIpc) is 2.59. The van der Waals surface area contributed by atoms with Gasteiger partial charge in [-0.15, -0.1) is 0 Å². The number of aldehydes is 1. The van der Waals surface area contributed by atoms with Crippen LogP contribution >= 0.6 is 0 Å². The maximum absolute atomic E-state index is 10.7. The highest BCUT2D eigenvalue weighted by Gasteiger charge is 2.33. The Balaban J connectivity index is 1.82. The summed E-state index contributed by atoms with van der Waals surface area (Å²) in [5, 5.41) is 6.85. The Hall–Kier alpha value is -1.20. The molecule has 2 aliphatic rings. The zero-order chi connectivity index (χ0) is 9.54. The van der Waals surface area contributed by atoms with Gasteiger partial charge in [0.1, 0.15) is 5.69 Å². The van der Waals surface area contributed by atoms with Crippen molar-refractivity contribution in [2.45, 2.75) is 19.1 Å². The second-order valence-electron chi connectivity index (χ2n) is 3.78. The predicted molar refractivity (Wildman–Crippen MR) is 47.8 cm³/mol. The van der Waals surface area contributed by atoms with Gasteiger partial charge in [0.25, 0.3) is 0 Å². The van der Waals surface area contributed by atoms with Crippen molar-refractivity contribution in [3.8, 4) is 0 Å². The first-order valence-corrected chi connectivity index (χ1v) is 4.71. The SMILES string of the molecule is O=Cc1n[nH]c2c1CN(C1COC1)C2. The Labute approximate surface area is 81.0 Å². The lowest BCUT2D eigenvalue weighted by Gasteiger charge is -2.34. The van der Waals surface area contributed by atoms with Gasteiger partial charge in [-0.05, 0) is 0 Å². The second-order valence-corrected chi connectivity index (χ2v) is 3.78. The zero-order valence-electron chi connectivity index (χ0n) is 7.69. The van der Waals surface area contributed by atoms with Gasteiger partial charge in [-0.25, -0.2) is 0 Å². The molecule has 5 heteroatoms. The molecule has 0 unspecified atom stereocenters. The molecule has 0 atom stereocenters. The highest BCUT2D eigenvalue weighted by atomic mass is 16.5. The molecule has 0 bridgehead atoms. The van der Waals surface area contributed by atoms with E-state index in [1.54, 1.807) is 0 Å². The average molecular weight is 193 g/mol. The van der Waals surface area contributed by atoms with Crippen LogP contribution in [0.5, 0.6) is 0 Å². The Kier molecular flexibility index (Phi) is 1.68. The highest BCUT2D eigenvalue weighted by Crippen LogP contribution is 2.26. The summed E-state index contributed by atoms with van der Waals surface area (Å²) in [7, 11) is 0. The number of H-pyrrole nitrogens is 1. The lowest BCUT2D eigenvalue weighted by atomic mass is 10.2. The summed E-state index contributed by atoms with van der Waals surface area (Å²) in [5.41, 5.74) is 2.70. The van der Waals surface area contributed by atoms with E-state index in [0.717, 1.165) is 43.8 Å². The Morgan fingerprint density at radius 3 is 3.00 bits per heavy atom. The van der Waals surface area contributed by atoms with Crippen molar-refractivity contribution in [3.05, 3.63) is 17.0 Å². The van der Waals surface area contributed by atoms with Gasteiger partial charge in [0.15, 0.2) is 6.29 Å². The fraction of sp³-hybridized carbons (Fsp3) is 0.556. The molecule has 1 fully saturated rings. The Bertz CT molecular complexity index is 370. The van der Waals surface area contributed by atoms with E-state index in [4.69, 9.17) is 4.74 Å². The third-order valence-corrected chi connectivity index (χ3v) is 2.96. The number of hydrogen-bond donors (Lipinski definition) is 1. The van der Waals surface area contributed by atoms with Gasteiger partial charge in [0, 0.05) is 18.7 Å². The molecule has 3 rings (SSSR count). The van der Waals surface area contributed by atoms with Crippen LogP contribution in [0.4, 0.5) is 0 Å². The Morgan fingerprint density at radius 1 is 1.50 bits per heavy atom. The van der Waals surface area contributed by atoms with Crippen LogP contribution in [0.25, 0.3) is 0 Å². The van der Waals surface area contributed by atoms with E-state index >= 15 is 0 Å². The minimum Gasteiger partial charge on any atom is -0.378 e. The van der Waals surface area contributed by atoms with Gasteiger partial charge in [-0.3, -0.25) is 14.8 Å². The monoisotopic (exact) mass is 193 g/mol. The van der Waals surface area contributed by atoms with Crippen LogP contribution in [0.1, 0.15) is 21.7 Å². The smallest absolute Gasteiger partial charge is 0.170 e. The summed E-state index contributed by atoms with van der Waals surface area (Å²) < 4.78 is 5.14. The third kappa shape index (κ3) is 1.03. The number of aromatic nitrogens is 2. The van der Waals surface area contributed by atoms with Gasteiger partial charge in [0.05, 0.1) is 24.9 Å². The molecule has 74 valence electrons. The predicted octanol–water partition coefficient (Wildman–Crippen LogP) is -0.0634. The van der Waals surface area contributed by atoms with Gasteiger partial charge < -0.3 is 4.74 Å². The topological polar surface area (TPSA) is 58.2 Å². The van der Waals surface area contributed by atoms with Crippen LogP contribution in [-0.4, -0.2) is 40.6 Å². The number of ether oxygens (including phenoxy) is 1. The van der Waals surface area contributed by atoms with E-state index in [1.807, 2.05) is 0 Å². The van der Waals surface area contributed by atoms with E-state index in [0.29, 0.717) is 11.7 Å². The number of aromatic amines is 1. The molecule has 14 heavy (non-hydrogen) atoms. The molecule has 1 aromatic heterocycles. The molecule has 0 spiro atoms. The standard InChI is InChI=1S/C9H11N3O2/c13-3-9-7-1-12(6-4-14-5-6)2-8(7)10-11-9/h3,6H,1-2,4-5H2,(H,10,11). The highest BCUT2D eigenvalue weighted by molar-refractivity contribution is 5.74. The van der Waals surface area contributed by atoms with Gasteiger partial charge in [0.2, 0.25) is 0 Å². The van der Waals surface area contributed by atoms with E-state index < -0.39 is 0 Å². The van der Waals surface area contributed by atoms with Crippen LogP contribution in [0, 0.1) is 0 Å². The van der Waals surface area contributed by atoms with Crippen molar-refractivity contribution in [3.63, 3.8) is 0 Å². The van der Waals surface area contributed by atoms with Crippen LogP contribution in [0.3, 0.4) is 0 Å². The zero-order valence-corrected chi connectivity index (χ0v) is 7.69. The van der Waals surface area contributed by atoms with Crippen LogP contribution < -0.4 is 0 Å². The molecule has 0 saturated carbocycles. The van der Waals surface area contributed by atoms with Crippen molar-refractivity contribution in [2.24, 2.45) is 0 Å². The summed E-state index contributed by atoms with van der Waals surface area (Å²) >= 11 is 0. The molecule has 3 heterocycles. The molecule has 5 nitrogen and oxygen atoms in total. The number of carbonyl (C=O) groups excluding carboxylic acids is 1. The minimum atomic E-state index is 0.523. The summed E-state index contributed by atoms with van der Waals surface area (Å²) in [6.45, 7) is 3.32.